The lowest BCUT2D eigenvalue weighted by atomic mass is 9.93. The summed E-state index contributed by atoms with van der Waals surface area (Å²) in [6.07, 6.45) is 4.08. The van der Waals surface area contributed by atoms with E-state index in [1.165, 1.54) is 28.4 Å². The van der Waals surface area contributed by atoms with Crippen molar-refractivity contribution in [1.29, 1.82) is 0 Å². The second kappa shape index (κ2) is 18.0. The van der Waals surface area contributed by atoms with E-state index in [4.69, 9.17) is 33.7 Å². The number of fused-ring (bicyclic) bond motifs is 3. The molecule has 3 aliphatic rings. The van der Waals surface area contributed by atoms with Crippen LogP contribution < -0.4 is 10.6 Å². The number of aromatic amines is 2. The third kappa shape index (κ3) is 8.54. The number of nitrogens with one attached hydrogen (secondary N) is 4. The zero-order valence-corrected chi connectivity index (χ0v) is 34.2. The molecule has 5 heterocycles. The molecule has 0 unspecified atom stereocenters. The molecule has 4 amide bonds. The third-order valence-corrected chi connectivity index (χ3v) is 11.7. The van der Waals surface area contributed by atoms with Crippen molar-refractivity contribution < 1.29 is 42.9 Å². The molecule has 2 saturated heterocycles. The minimum atomic E-state index is -0.911. The second-order valence-electron chi connectivity index (χ2n) is 15.1. The fourth-order valence-electron chi connectivity index (χ4n) is 8.25. The maximum Gasteiger partial charge on any atom is 0.407 e. The van der Waals surface area contributed by atoms with Gasteiger partial charge in [0.1, 0.15) is 23.7 Å². The van der Waals surface area contributed by atoms with E-state index in [2.05, 4.69) is 57.0 Å². The van der Waals surface area contributed by atoms with Gasteiger partial charge in [-0.2, -0.15) is 0 Å². The van der Waals surface area contributed by atoms with Crippen LogP contribution in [0.25, 0.3) is 33.6 Å². The first-order valence-electron chi connectivity index (χ1n) is 19.8. The summed E-state index contributed by atoms with van der Waals surface area (Å²) >= 11 is 0. The average Bonchev–Trinajstić information content (AvgIpc) is 4.10. The number of methoxy groups -OCH3 is 4. The van der Waals surface area contributed by atoms with Crippen molar-refractivity contribution in [2.24, 2.45) is 0 Å². The van der Waals surface area contributed by atoms with Crippen molar-refractivity contribution in [3.63, 3.8) is 0 Å². The molecule has 2 aromatic heterocycles. The molecule has 59 heavy (non-hydrogen) atoms. The van der Waals surface area contributed by atoms with E-state index in [0.717, 1.165) is 70.5 Å². The van der Waals surface area contributed by atoms with Crippen molar-refractivity contribution in [1.82, 2.24) is 40.4 Å². The Morgan fingerprint density at radius 3 is 1.51 bits per heavy atom. The number of nitrogens with zero attached hydrogens (tertiary/aromatic N) is 4. The standard InChI is InChI=1S/C42H52N8O9/c1-23(55-3)35(47-41(53)57-5)39(51)49-15-7-9-33(49)37-43-19-31(45-37)25-11-13-29-27(17-25)21-59-22-28-18-26(12-14-30(28)29)32-20-44-38(46-32)34-10-8-16-50(34)40(52)36(24(2)56-4)48-42(54)58-6/h11-14,17-20,23-24,33-36H,7-10,15-16,21-22H2,1-6H3,(H,43,45)(H,44,46)(H,47,53)(H,48,54)/t23-,24-,33+,34+,35+,36+/m1/s1. The first-order chi connectivity index (χ1) is 28.5. The highest BCUT2D eigenvalue weighted by molar-refractivity contribution is 5.88. The monoisotopic (exact) mass is 812 g/mol. The van der Waals surface area contributed by atoms with Gasteiger partial charge in [0.2, 0.25) is 11.8 Å². The minimum absolute atomic E-state index is 0.257. The van der Waals surface area contributed by atoms with Gasteiger partial charge in [0, 0.05) is 27.3 Å². The highest BCUT2D eigenvalue weighted by Gasteiger charge is 2.40. The Bertz CT molecular complexity index is 2020. The Labute approximate surface area is 342 Å². The molecule has 2 fully saturated rings. The molecule has 3 aliphatic heterocycles. The second-order valence-corrected chi connectivity index (χ2v) is 15.1. The number of rotatable bonds is 12. The van der Waals surface area contributed by atoms with Crippen molar-refractivity contribution in [3.05, 3.63) is 71.6 Å². The Morgan fingerprint density at radius 1 is 0.695 bits per heavy atom. The number of alkyl carbamates (subject to hydrolysis) is 2. The Morgan fingerprint density at radius 2 is 1.12 bits per heavy atom. The molecular weight excluding hydrogens is 761 g/mol. The van der Waals surface area contributed by atoms with E-state index in [9.17, 15) is 19.2 Å². The van der Waals surface area contributed by atoms with Gasteiger partial charge in [-0.3, -0.25) is 9.59 Å². The number of aromatic nitrogens is 4. The summed E-state index contributed by atoms with van der Waals surface area (Å²) in [6.45, 7) is 5.35. The van der Waals surface area contributed by atoms with E-state index in [-0.39, 0.29) is 23.9 Å². The van der Waals surface area contributed by atoms with Gasteiger partial charge in [0.15, 0.2) is 0 Å². The van der Waals surface area contributed by atoms with Crippen LogP contribution in [-0.2, 0) is 46.5 Å². The first-order valence-corrected chi connectivity index (χ1v) is 19.8. The average molecular weight is 813 g/mol. The van der Waals surface area contributed by atoms with Crippen LogP contribution in [0.15, 0.2) is 48.8 Å². The molecule has 0 bridgehead atoms. The number of imidazole rings is 2. The molecule has 4 N–H and O–H groups in total. The highest BCUT2D eigenvalue weighted by Crippen LogP contribution is 2.38. The van der Waals surface area contributed by atoms with Crippen LogP contribution in [0.1, 0.15) is 74.4 Å². The minimum Gasteiger partial charge on any atom is -0.453 e. The van der Waals surface area contributed by atoms with Gasteiger partial charge >= 0.3 is 12.2 Å². The first kappa shape index (κ1) is 41.4. The number of H-pyrrole nitrogens is 2. The normalized spacial score (nSPS) is 19.5. The number of likely N-dealkylation sites (tertiary alicyclic amines) is 2. The molecule has 17 nitrogen and oxygen atoms in total. The highest BCUT2D eigenvalue weighted by atomic mass is 16.5. The SMILES string of the molecule is COC(=O)N[C@H](C(=O)N1CCC[C@H]1c1ncc(-c2ccc3c(c2)COCc2cc(-c4cnc([C@@H]5CCCN5C(=O)[C@@H](NC(=O)OC)[C@@H](C)OC)[nH]4)ccc2-3)[nH]1)[C@@H](C)OC. The van der Waals surface area contributed by atoms with Crippen LogP contribution in [0.4, 0.5) is 9.59 Å². The Hall–Kier alpha value is -5.78. The summed E-state index contributed by atoms with van der Waals surface area (Å²) < 4.78 is 26.6. The quantitative estimate of drug-likeness (QED) is 0.150. The fourth-order valence-corrected chi connectivity index (χ4v) is 8.25. The van der Waals surface area contributed by atoms with Crippen molar-refractivity contribution in [2.75, 3.05) is 41.5 Å². The van der Waals surface area contributed by atoms with E-state index in [1.807, 2.05) is 0 Å². The smallest absolute Gasteiger partial charge is 0.407 e. The molecule has 314 valence electrons. The van der Waals surface area contributed by atoms with E-state index in [0.29, 0.717) is 38.0 Å². The van der Waals surface area contributed by atoms with Crippen LogP contribution in [0.5, 0.6) is 0 Å². The Balaban J connectivity index is 1.07. The number of hydrogen-bond donors (Lipinski definition) is 4. The van der Waals surface area contributed by atoms with Crippen LogP contribution in [0.3, 0.4) is 0 Å². The van der Waals surface area contributed by atoms with E-state index < -0.39 is 36.5 Å². The number of benzene rings is 2. The number of amides is 4. The van der Waals surface area contributed by atoms with Gasteiger partial charge in [0.05, 0.1) is 75.5 Å². The summed E-state index contributed by atoms with van der Waals surface area (Å²) in [5, 5.41) is 5.25. The van der Waals surface area contributed by atoms with Crippen LogP contribution >= 0.6 is 0 Å². The molecular formula is C42H52N8O9. The number of hydrogen-bond acceptors (Lipinski definition) is 11. The van der Waals surface area contributed by atoms with Gasteiger partial charge in [-0.25, -0.2) is 19.6 Å². The Kier molecular flexibility index (Phi) is 12.6. The summed E-state index contributed by atoms with van der Waals surface area (Å²) in [6, 6.07) is 10.1. The van der Waals surface area contributed by atoms with E-state index in [1.54, 1.807) is 36.0 Å². The molecule has 0 aliphatic carbocycles. The van der Waals surface area contributed by atoms with Gasteiger partial charge in [-0.1, -0.05) is 24.3 Å². The van der Waals surface area contributed by atoms with E-state index >= 15 is 0 Å². The van der Waals surface area contributed by atoms with Gasteiger partial charge < -0.3 is 54.1 Å². The molecule has 4 aromatic rings. The lowest BCUT2D eigenvalue weighted by Gasteiger charge is -2.30. The van der Waals surface area contributed by atoms with Crippen LogP contribution in [-0.4, -0.2) is 120 Å². The molecule has 0 radical (unpaired) electrons. The zero-order chi connectivity index (χ0) is 41.8. The van der Waals surface area contributed by atoms with Crippen LogP contribution in [0.2, 0.25) is 0 Å². The topological polar surface area (TPSA) is 202 Å². The van der Waals surface area contributed by atoms with Crippen LogP contribution in [0, 0.1) is 0 Å². The fraction of sp³-hybridized carbons (Fsp3) is 0.476. The summed E-state index contributed by atoms with van der Waals surface area (Å²) in [4.78, 5) is 71.4. The van der Waals surface area contributed by atoms with Gasteiger partial charge in [0.25, 0.3) is 0 Å². The number of carbonyl (C=O) groups is 4. The molecule has 0 spiro atoms. The van der Waals surface area contributed by atoms with Crippen molar-refractivity contribution in [3.8, 4) is 33.6 Å². The summed E-state index contributed by atoms with van der Waals surface area (Å²) in [7, 11) is 5.50. The van der Waals surface area contributed by atoms with Crippen molar-refractivity contribution in [2.45, 2.75) is 89.1 Å². The van der Waals surface area contributed by atoms with Gasteiger partial charge in [-0.15, -0.1) is 0 Å². The predicted molar refractivity (Wildman–Crippen MR) is 215 cm³/mol. The van der Waals surface area contributed by atoms with Crippen molar-refractivity contribution >= 4 is 24.0 Å². The molecule has 6 atom stereocenters. The molecule has 7 rings (SSSR count). The largest absolute Gasteiger partial charge is 0.453 e. The zero-order valence-electron chi connectivity index (χ0n) is 34.2. The summed E-state index contributed by atoms with van der Waals surface area (Å²) in [5.41, 5.74) is 7.72. The molecule has 17 heteroatoms. The predicted octanol–water partition coefficient (Wildman–Crippen LogP) is 5.01. The van der Waals surface area contributed by atoms with Gasteiger partial charge in [-0.05, 0) is 85.0 Å². The maximum atomic E-state index is 13.7. The maximum absolute atomic E-state index is 13.7. The lowest BCUT2D eigenvalue weighted by molar-refractivity contribution is -0.138. The third-order valence-electron chi connectivity index (χ3n) is 11.7. The molecule has 0 saturated carbocycles. The molecule has 2 aromatic carbocycles. The summed E-state index contributed by atoms with van der Waals surface area (Å²) in [5.74, 6) is 0.831. The lowest BCUT2D eigenvalue weighted by Crippen LogP contribution is -2.54. The number of carbonyl (C=O) groups excluding carboxylic acids is 4. The number of ether oxygens (including phenoxy) is 5.